The summed E-state index contributed by atoms with van der Waals surface area (Å²) in [5.41, 5.74) is -0.250. The Bertz CT molecular complexity index is 1370. The molecule has 0 saturated heterocycles. The predicted octanol–water partition coefficient (Wildman–Crippen LogP) is 5.03. The van der Waals surface area contributed by atoms with Crippen molar-refractivity contribution in [1.29, 1.82) is 0 Å². The molecular weight excluding hydrogens is 612 g/mol. The summed E-state index contributed by atoms with van der Waals surface area (Å²) in [4.78, 5) is 64.6. The number of likely N-dealkylation sites (N-methyl/N-ethyl adjacent to an activating group) is 2. The second-order valence-corrected chi connectivity index (χ2v) is 13.9. The maximum atomic E-state index is 13.9. The van der Waals surface area contributed by atoms with E-state index in [9.17, 15) is 19.2 Å². The summed E-state index contributed by atoms with van der Waals surface area (Å²) in [5, 5.41) is 0. The van der Waals surface area contributed by atoms with Crippen LogP contribution in [0, 0.1) is 0 Å². The molecule has 0 fully saturated rings. The number of para-hydroxylation sites is 1. The van der Waals surface area contributed by atoms with Gasteiger partial charge in [-0.2, -0.15) is 0 Å². The number of hydrogen-bond donors (Lipinski definition) is 0. The van der Waals surface area contributed by atoms with Crippen LogP contribution in [0.2, 0.25) is 0 Å². The molecule has 1 aromatic heterocycles. The van der Waals surface area contributed by atoms with Gasteiger partial charge in [0.25, 0.3) is 5.91 Å². The van der Waals surface area contributed by atoms with E-state index in [1.165, 1.54) is 4.90 Å². The van der Waals surface area contributed by atoms with E-state index >= 15 is 0 Å². The van der Waals surface area contributed by atoms with Gasteiger partial charge in [-0.3, -0.25) is 14.4 Å². The van der Waals surface area contributed by atoms with Crippen LogP contribution in [-0.4, -0.2) is 119 Å². The van der Waals surface area contributed by atoms with Crippen LogP contribution in [0.15, 0.2) is 36.7 Å². The van der Waals surface area contributed by atoms with Gasteiger partial charge in [-0.15, -0.1) is 0 Å². The zero-order chi connectivity index (χ0) is 35.4. The van der Waals surface area contributed by atoms with Gasteiger partial charge in [0.15, 0.2) is 0 Å². The lowest BCUT2D eigenvalue weighted by molar-refractivity contribution is -0.134. The minimum Gasteiger partial charge on any atom is -0.493 e. The van der Waals surface area contributed by atoms with E-state index in [4.69, 9.17) is 9.47 Å². The number of amides is 4. The molecule has 2 aromatic rings. The highest BCUT2D eigenvalue weighted by molar-refractivity contribution is 5.99. The normalized spacial score (nSPS) is 17.3. The van der Waals surface area contributed by atoms with Gasteiger partial charge in [0.2, 0.25) is 11.8 Å². The lowest BCUT2D eigenvalue weighted by atomic mass is 10.1. The third-order valence-electron chi connectivity index (χ3n) is 8.45. The van der Waals surface area contributed by atoms with Crippen molar-refractivity contribution in [3.8, 4) is 5.75 Å². The highest BCUT2D eigenvalue weighted by Crippen LogP contribution is 2.23. The van der Waals surface area contributed by atoms with Crippen LogP contribution in [0.25, 0.3) is 0 Å². The van der Waals surface area contributed by atoms with Crippen molar-refractivity contribution in [3.63, 3.8) is 0 Å². The maximum absolute atomic E-state index is 13.9. The summed E-state index contributed by atoms with van der Waals surface area (Å²) in [7, 11) is 5.18. The highest BCUT2D eigenvalue weighted by Gasteiger charge is 2.31. The first-order valence-electron chi connectivity index (χ1n) is 17.2. The van der Waals surface area contributed by atoms with Crippen molar-refractivity contribution in [1.82, 2.24) is 29.2 Å². The van der Waals surface area contributed by atoms with Crippen molar-refractivity contribution in [2.75, 3.05) is 53.9 Å². The first kappa shape index (κ1) is 38.4. The summed E-state index contributed by atoms with van der Waals surface area (Å²) in [6.07, 6.45) is 6.47. The number of carbonyl (C=O) groups is 4. The highest BCUT2D eigenvalue weighted by atomic mass is 16.6. The smallest absolute Gasteiger partial charge is 0.410 e. The molecule has 4 amide bonds. The fourth-order valence-corrected chi connectivity index (χ4v) is 5.72. The average Bonchev–Trinajstić information content (AvgIpc) is 3.51. The number of hydrogen-bond acceptors (Lipinski definition) is 7. The second-order valence-electron chi connectivity index (χ2n) is 13.9. The summed E-state index contributed by atoms with van der Waals surface area (Å²) in [6, 6.07) is 6.29. The van der Waals surface area contributed by atoms with Crippen molar-refractivity contribution in [3.05, 3.63) is 48.0 Å². The van der Waals surface area contributed by atoms with Crippen LogP contribution in [0.5, 0.6) is 5.75 Å². The second kappa shape index (κ2) is 17.9. The molecule has 266 valence electrons. The molecule has 0 spiro atoms. The van der Waals surface area contributed by atoms with Crippen LogP contribution in [-0.2, 0) is 20.9 Å². The van der Waals surface area contributed by atoms with Gasteiger partial charge in [0.1, 0.15) is 23.2 Å². The lowest BCUT2D eigenvalue weighted by Gasteiger charge is -2.32. The third-order valence-corrected chi connectivity index (χ3v) is 8.45. The molecule has 0 N–H and O–H groups in total. The van der Waals surface area contributed by atoms with Gasteiger partial charge < -0.3 is 33.6 Å². The Morgan fingerprint density at radius 3 is 2.46 bits per heavy atom. The number of nitrogens with zero attached hydrogens (tertiary/aromatic N) is 6. The summed E-state index contributed by atoms with van der Waals surface area (Å²) >= 11 is 0. The van der Waals surface area contributed by atoms with Crippen LogP contribution < -0.4 is 4.74 Å². The Labute approximate surface area is 286 Å². The van der Waals surface area contributed by atoms with E-state index in [1.54, 1.807) is 66.3 Å². The molecule has 12 heteroatoms. The number of rotatable bonds is 8. The van der Waals surface area contributed by atoms with Crippen LogP contribution in [0.3, 0.4) is 0 Å². The molecule has 2 heterocycles. The summed E-state index contributed by atoms with van der Waals surface area (Å²) in [5.74, 6) is 1.17. The Kier molecular flexibility index (Phi) is 14.3. The third kappa shape index (κ3) is 11.3. The van der Waals surface area contributed by atoms with Crippen LogP contribution in [0.4, 0.5) is 4.79 Å². The molecule has 0 saturated carbocycles. The first-order chi connectivity index (χ1) is 22.7. The predicted molar refractivity (Wildman–Crippen MR) is 185 cm³/mol. The lowest BCUT2D eigenvalue weighted by Crippen LogP contribution is -2.49. The van der Waals surface area contributed by atoms with Gasteiger partial charge in [-0.1, -0.05) is 26.0 Å². The topological polar surface area (TPSA) is 118 Å². The van der Waals surface area contributed by atoms with E-state index in [-0.39, 0.29) is 29.7 Å². The Morgan fingerprint density at radius 2 is 1.75 bits per heavy atom. The molecule has 12 nitrogen and oxygen atoms in total. The zero-order valence-electron chi connectivity index (χ0n) is 30.2. The molecule has 3 rings (SSSR count). The number of fused-ring (bicyclic) bond motifs is 1. The summed E-state index contributed by atoms with van der Waals surface area (Å²) < 4.78 is 13.7. The van der Waals surface area contributed by atoms with Crippen molar-refractivity contribution >= 4 is 23.8 Å². The summed E-state index contributed by atoms with van der Waals surface area (Å²) in [6.45, 7) is 12.4. The quantitative estimate of drug-likeness (QED) is 0.387. The maximum Gasteiger partial charge on any atom is 0.410 e. The molecule has 0 aliphatic carbocycles. The Morgan fingerprint density at radius 1 is 1.06 bits per heavy atom. The van der Waals surface area contributed by atoms with E-state index in [2.05, 4.69) is 18.8 Å². The van der Waals surface area contributed by atoms with E-state index in [1.807, 2.05) is 31.5 Å². The van der Waals surface area contributed by atoms with Gasteiger partial charge in [0.05, 0.1) is 12.2 Å². The monoisotopic (exact) mass is 668 g/mol. The molecule has 1 aliphatic heterocycles. The van der Waals surface area contributed by atoms with Gasteiger partial charge in [-0.05, 0) is 65.0 Å². The standard InChI is InChI=1S/C36H56N6O6/c1-27(2)32-37-19-25-41(32)24-18-31(43)38(6)21-13-16-29-34(45)39(7)20-11-12-22-42(35(46)48-36(3,4)5)23-14-26-47-30-17-10-9-15-28(30)33(44)40(29)8/h9-10,15,17,19,25,27,29H,11-14,16,18,20-24,26H2,1-8H3/t29-/m0/s1. The van der Waals surface area contributed by atoms with E-state index in [0.29, 0.717) is 89.2 Å². The van der Waals surface area contributed by atoms with E-state index in [0.717, 1.165) is 5.82 Å². The molecule has 0 radical (unpaired) electrons. The number of aromatic nitrogens is 2. The minimum absolute atomic E-state index is 0.00998. The largest absolute Gasteiger partial charge is 0.493 e. The molecule has 1 atom stereocenters. The average molecular weight is 669 g/mol. The van der Waals surface area contributed by atoms with Gasteiger partial charge in [0, 0.05) is 78.6 Å². The number of ether oxygens (including phenoxy) is 2. The van der Waals surface area contributed by atoms with Crippen molar-refractivity contribution in [2.24, 2.45) is 0 Å². The zero-order valence-corrected chi connectivity index (χ0v) is 30.2. The van der Waals surface area contributed by atoms with Crippen molar-refractivity contribution in [2.45, 2.75) is 97.2 Å². The number of imidazole rings is 1. The molecule has 1 aromatic carbocycles. The van der Waals surface area contributed by atoms with Gasteiger partial charge >= 0.3 is 6.09 Å². The van der Waals surface area contributed by atoms with Crippen LogP contribution >= 0.6 is 0 Å². The number of aryl methyl sites for hydroxylation is 1. The fraction of sp³-hybridized carbons (Fsp3) is 0.639. The van der Waals surface area contributed by atoms with Crippen molar-refractivity contribution < 1.29 is 28.7 Å². The molecule has 0 unspecified atom stereocenters. The van der Waals surface area contributed by atoms with Crippen LogP contribution in [0.1, 0.15) is 95.2 Å². The number of carbonyl (C=O) groups excluding carboxylic acids is 4. The minimum atomic E-state index is -0.732. The first-order valence-corrected chi connectivity index (χ1v) is 17.2. The number of benzene rings is 1. The Balaban J connectivity index is 1.72. The molecule has 0 bridgehead atoms. The van der Waals surface area contributed by atoms with Gasteiger partial charge in [-0.25, -0.2) is 9.78 Å². The Hall–Kier alpha value is -4.09. The molecular formula is C36H56N6O6. The fourth-order valence-electron chi connectivity index (χ4n) is 5.72. The van der Waals surface area contributed by atoms with E-state index < -0.39 is 11.6 Å². The molecule has 48 heavy (non-hydrogen) atoms. The molecule has 1 aliphatic rings. The SMILES string of the molecule is CC(C)c1nccn1CCC(=O)N(C)CCC[C@H]1C(=O)N(C)CCCCN(C(=O)OC(C)(C)C)CCCOc2ccccc2C(=O)N1C.